The fraction of sp³-hybridized carbons (Fsp3) is 0.957. The molecule has 0 aromatic rings. The molecular weight excluding hydrogens is 380 g/mol. The molecule has 30 heavy (non-hydrogen) atoms. The van der Waals surface area contributed by atoms with Crippen molar-refractivity contribution in [2.45, 2.75) is 89.2 Å². The molecule has 1 amide bonds. The molecule has 0 aromatic heterocycles. The number of carbonyl (C=O) groups is 1. The van der Waals surface area contributed by atoms with E-state index in [4.69, 9.17) is 9.47 Å². The average Bonchev–Trinajstić information content (AvgIpc) is 3.13. The molecule has 7 nitrogen and oxygen atoms in total. The minimum atomic E-state index is -0.179. The van der Waals surface area contributed by atoms with Crippen molar-refractivity contribution in [3.63, 3.8) is 0 Å². The highest BCUT2D eigenvalue weighted by Gasteiger charge is 2.41. The molecule has 0 spiro atoms. The Morgan fingerprint density at radius 1 is 1.07 bits per heavy atom. The Bertz CT molecular complexity index is 571. The van der Waals surface area contributed by atoms with Crippen LogP contribution in [0.1, 0.15) is 65.2 Å². The van der Waals surface area contributed by atoms with Gasteiger partial charge in [0, 0.05) is 32.2 Å². The summed E-state index contributed by atoms with van der Waals surface area (Å²) < 4.78 is 11.1. The predicted molar refractivity (Wildman–Crippen MR) is 117 cm³/mol. The van der Waals surface area contributed by atoms with Crippen molar-refractivity contribution in [3.05, 3.63) is 0 Å². The van der Waals surface area contributed by atoms with Gasteiger partial charge >= 0.3 is 0 Å². The lowest BCUT2D eigenvalue weighted by Crippen LogP contribution is -2.63. The summed E-state index contributed by atoms with van der Waals surface area (Å²) >= 11 is 0. The molecule has 0 aromatic carbocycles. The van der Waals surface area contributed by atoms with Crippen molar-refractivity contribution in [1.29, 1.82) is 0 Å². The summed E-state index contributed by atoms with van der Waals surface area (Å²) in [5.74, 6) is 1.91. The molecule has 3 N–H and O–H groups in total. The summed E-state index contributed by atoms with van der Waals surface area (Å²) in [5.41, 5.74) is -0.179. The first-order valence-corrected chi connectivity index (χ1v) is 12.1. The molecule has 4 aliphatic rings. The predicted octanol–water partition coefficient (Wildman–Crippen LogP) is 2.03. The van der Waals surface area contributed by atoms with Crippen molar-refractivity contribution in [2.24, 2.45) is 17.8 Å². The Morgan fingerprint density at radius 2 is 1.80 bits per heavy atom. The largest absolute Gasteiger partial charge is 0.381 e. The number of ether oxygens (including phenoxy) is 2. The molecule has 172 valence electrons. The van der Waals surface area contributed by atoms with Gasteiger partial charge in [-0.15, -0.1) is 0 Å². The Kier molecular flexibility index (Phi) is 7.35. The lowest BCUT2D eigenvalue weighted by molar-refractivity contribution is -0.141. The zero-order valence-corrected chi connectivity index (χ0v) is 19.1. The van der Waals surface area contributed by atoms with Gasteiger partial charge in [-0.1, -0.05) is 6.42 Å². The standard InChI is InChI=1S/C23H42N4O3/c1-23(2)14-30-15-27(23)21(28)17-5-4-6-19(11-17)26-22-24-12-18(13-25-22)16-7-9-20(29-3)10-8-16/h16-20,22,24-26H,4-15H2,1-3H3. The van der Waals surface area contributed by atoms with Gasteiger partial charge in [-0.3, -0.25) is 20.7 Å². The van der Waals surface area contributed by atoms with Crippen molar-refractivity contribution < 1.29 is 14.3 Å². The van der Waals surface area contributed by atoms with Gasteiger partial charge in [-0.2, -0.15) is 0 Å². The van der Waals surface area contributed by atoms with Crippen LogP contribution in [0.25, 0.3) is 0 Å². The maximum Gasteiger partial charge on any atom is 0.228 e. The quantitative estimate of drug-likeness (QED) is 0.630. The molecule has 2 atom stereocenters. The Morgan fingerprint density at radius 3 is 2.43 bits per heavy atom. The van der Waals surface area contributed by atoms with Crippen LogP contribution in [0.15, 0.2) is 0 Å². The summed E-state index contributed by atoms with van der Waals surface area (Å²) in [4.78, 5) is 15.0. The van der Waals surface area contributed by atoms with Crippen LogP contribution in [0, 0.1) is 17.8 Å². The number of rotatable bonds is 5. The van der Waals surface area contributed by atoms with Crippen LogP contribution in [-0.4, -0.2) is 68.3 Å². The van der Waals surface area contributed by atoms with E-state index in [-0.39, 0.29) is 23.7 Å². The van der Waals surface area contributed by atoms with Crippen molar-refractivity contribution in [2.75, 3.05) is 33.5 Å². The highest BCUT2D eigenvalue weighted by molar-refractivity contribution is 5.80. The van der Waals surface area contributed by atoms with E-state index in [1.807, 2.05) is 12.0 Å². The minimum absolute atomic E-state index is 0.115. The summed E-state index contributed by atoms with van der Waals surface area (Å²) in [6, 6.07) is 0.387. The third-order valence-electron chi connectivity index (χ3n) is 7.99. The molecule has 7 heteroatoms. The van der Waals surface area contributed by atoms with E-state index in [0.717, 1.165) is 44.7 Å². The monoisotopic (exact) mass is 422 g/mol. The molecule has 0 bridgehead atoms. The number of hydrogen-bond acceptors (Lipinski definition) is 6. The van der Waals surface area contributed by atoms with Crippen molar-refractivity contribution in [3.8, 4) is 0 Å². The Balaban J connectivity index is 1.21. The Hall–Kier alpha value is -0.730. The molecular formula is C23H42N4O3. The van der Waals surface area contributed by atoms with Gasteiger partial charge in [0.05, 0.1) is 18.2 Å². The second-order valence-corrected chi connectivity index (χ2v) is 10.6. The van der Waals surface area contributed by atoms with Gasteiger partial charge in [0.25, 0.3) is 0 Å². The SMILES string of the molecule is COC1CCC(C2CNC(NC3CCCC(C(=O)N4COCC4(C)C)C3)NC2)CC1. The van der Waals surface area contributed by atoms with E-state index in [2.05, 4.69) is 29.8 Å². The van der Waals surface area contributed by atoms with Crippen LogP contribution in [0.2, 0.25) is 0 Å². The van der Waals surface area contributed by atoms with Crippen LogP contribution in [0.5, 0.6) is 0 Å². The summed E-state index contributed by atoms with van der Waals surface area (Å²) in [5, 5.41) is 11.1. The fourth-order valence-corrected chi connectivity index (χ4v) is 5.95. The van der Waals surface area contributed by atoms with Crippen LogP contribution < -0.4 is 16.0 Å². The van der Waals surface area contributed by atoms with Gasteiger partial charge in [-0.25, -0.2) is 0 Å². The van der Waals surface area contributed by atoms with Crippen LogP contribution in [0.4, 0.5) is 0 Å². The summed E-state index contributed by atoms with van der Waals surface area (Å²) in [7, 11) is 1.84. The minimum Gasteiger partial charge on any atom is -0.381 e. The molecule has 2 unspecified atom stereocenters. The van der Waals surface area contributed by atoms with Crippen LogP contribution >= 0.6 is 0 Å². The third-order valence-corrected chi connectivity index (χ3v) is 7.99. The highest BCUT2D eigenvalue weighted by atomic mass is 16.5. The third kappa shape index (κ3) is 5.18. The highest BCUT2D eigenvalue weighted by Crippen LogP contribution is 2.33. The fourth-order valence-electron chi connectivity index (χ4n) is 5.95. The zero-order valence-electron chi connectivity index (χ0n) is 19.1. The van der Waals surface area contributed by atoms with E-state index in [1.54, 1.807) is 0 Å². The van der Waals surface area contributed by atoms with Gasteiger partial charge < -0.3 is 14.4 Å². The number of amides is 1. The van der Waals surface area contributed by atoms with E-state index in [0.29, 0.717) is 31.4 Å². The molecule has 2 saturated heterocycles. The molecule has 0 radical (unpaired) electrons. The number of carbonyl (C=O) groups excluding carboxylic acids is 1. The first-order valence-electron chi connectivity index (χ1n) is 12.1. The molecule has 2 saturated carbocycles. The molecule has 4 fully saturated rings. The van der Waals surface area contributed by atoms with E-state index in [1.165, 1.54) is 25.7 Å². The average molecular weight is 423 g/mol. The zero-order chi connectivity index (χ0) is 21.1. The normalized spacial score (nSPS) is 39.8. The maximum atomic E-state index is 13.1. The van der Waals surface area contributed by atoms with Crippen molar-refractivity contribution >= 4 is 5.91 Å². The number of nitrogens with one attached hydrogen (secondary N) is 3. The van der Waals surface area contributed by atoms with E-state index >= 15 is 0 Å². The first-order chi connectivity index (χ1) is 14.5. The van der Waals surface area contributed by atoms with Crippen LogP contribution in [-0.2, 0) is 14.3 Å². The number of nitrogens with zero attached hydrogens (tertiary/aromatic N) is 1. The smallest absolute Gasteiger partial charge is 0.228 e. The Labute approximate surface area is 182 Å². The van der Waals surface area contributed by atoms with E-state index in [9.17, 15) is 4.79 Å². The first kappa shape index (κ1) is 22.5. The van der Waals surface area contributed by atoms with Gasteiger partial charge in [0.1, 0.15) is 13.0 Å². The maximum absolute atomic E-state index is 13.1. The summed E-state index contributed by atoms with van der Waals surface area (Å²) in [6.07, 6.45) is 9.79. The molecule has 2 aliphatic heterocycles. The molecule has 2 heterocycles. The van der Waals surface area contributed by atoms with Gasteiger partial charge in [0.2, 0.25) is 5.91 Å². The lowest BCUT2D eigenvalue weighted by Gasteiger charge is -2.41. The number of methoxy groups -OCH3 is 1. The van der Waals surface area contributed by atoms with Gasteiger partial charge in [0.15, 0.2) is 0 Å². The van der Waals surface area contributed by atoms with E-state index < -0.39 is 0 Å². The molecule has 2 aliphatic carbocycles. The van der Waals surface area contributed by atoms with Crippen molar-refractivity contribution in [1.82, 2.24) is 20.9 Å². The summed E-state index contributed by atoms with van der Waals surface area (Å²) in [6.45, 7) is 7.43. The van der Waals surface area contributed by atoms with Crippen LogP contribution in [0.3, 0.4) is 0 Å². The van der Waals surface area contributed by atoms with Gasteiger partial charge in [-0.05, 0) is 70.6 Å². The number of hydrogen-bond donors (Lipinski definition) is 3. The second kappa shape index (κ2) is 9.82. The topological polar surface area (TPSA) is 74.9 Å². The molecule has 4 rings (SSSR count). The second-order valence-electron chi connectivity index (χ2n) is 10.6. The lowest BCUT2D eigenvalue weighted by atomic mass is 9.78.